The van der Waals surface area contributed by atoms with E-state index in [1.165, 1.54) is 0 Å². The van der Waals surface area contributed by atoms with Gasteiger partial charge in [-0.15, -0.1) is 0 Å². The summed E-state index contributed by atoms with van der Waals surface area (Å²) in [7, 11) is 0. The maximum absolute atomic E-state index is 6.41. The molecule has 0 unspecified atom stereocenters. The third kappa shape index (κ3) is 1.98. The molecule has 4 rings (SSSR count). The summed E-state index contributed by atoms with van der Waals surface area (Å²) >= 11 is 9.98. The molecule has 0 aliphatic heterocycles. The van der Waals surface area contributed by atoms with Gasteiger partial charge in [0.15, 0.2) is 0 Å². The van der Waals surface area contributed by atoms with Crippen molar-refractivity contribution in [1.29, 1.82) is 0 Å². The number of rotatable bonds is 1. The third-order valence-electron chi connectivity index (χ3n) is 3.63. The van der Waals surface area contributed by atoms with E-state index in [9.17, 15) is 0 Å². The fraction of sp³-hybridized carbons (Fsp3) is 0. The zero-order valence-electron chi connectivity index (χ0n) is 10.9. The van der Waals surface area contributed by atoms with Gasteiger partial charge in [0.05, 0.1) is 9.50 Å². The molecule has 0 aliphatic rings. The molecule has 0 amide bonds. The third-order valence-corrected chi connectivity index (χ3v) is 4.57. The number of halogens is 2. The summed E-state index contributed by atoms with van der Waals surface area (Å²) in [6.45, 7) is 0. The van der Waals surface area contributed by atoms with E-state index in [-0.39, 0.29) is 0 Å². The van der Waals surface area contributed by atoms with Crippen LogP contribution >= 0.6 is 27.5 Å². The first-order valence-corrected chi connectivity index (χ1v) is 7.77. The van der Waals surface area contributed by atoms with Crippen LogP contribution in [0.25, 0.3) is 33.1 Å². The molecule has 1 aromatic heterocycles. The Bertz CT molecular complexity index is 957. The Morgan fingerprint density at radius 3 is 2.43 bits per heavy atom. The van der Waals surface area contributed by atoms with Crippen molar-refractivity contribution in [3.8, 4) is 11.1 Å². The minimum Gasteiger partial charge on any atom is -0.455 e. The highest BCUT2D eigenvalue weighted by atomic mass is 79.9. The van der Waals surface area contributed by atoms with Gasteiger partial charge in [-0.05, 0) is 45.3 Å². The van der Waals surface area contributed by atoms with E-state index in [0.29, 0.717) is 5.02 Å². The van der Waals surface area contributed by atoms with Crippen LogP contribution in [0.5, 0.6) is 0 Å². The monoisotopic (exact) mass is 356 g/mol. The van der Waals surface area contributed by atoms with E-state index in [2.05, 4.69) is 34.1 Å². The molecule has 3 aromatic carbocycles. The Hall–Kier alpha value is -1.77. The fourth-order valence-corrected chi connectivity index (χ4v) is 3.38. The van der Waals surface area contributed by atoms with Crippen molar-refractivity contribution in [3.05, 3.63) is 70.2 Å². The predicted octanol–water partition coefficient (Wildman–Crippen LogP) is 6.67. The van der Waals surface area contributed by atoms with Gasteiger partial charge >= 0.3 is 0 Å². The van der Waals surface area contributed by atoms with Gasteiger partial charge in [0.2, 0.25) is 0 Å². The highest BCUT2D eigenvalue weighted by molar-refractivity contribution is 9.10. The Morgan fingerprint density at radius 2 is 1.62 bits per heavy atom. The van der Waals surface area contributed by atoms with Crippen LogP contribution in [0.15, 0.2) is 69.6 Å². The molecule has 0 atom stereocenters. The molecule has 1 heterocycles. The van der Waals surface area contributed by atoms with Gasteiger partial charge in [0, 0.05) is 10.8 Å². The maximum Gasteiger partial charge on any atom is 0.150 e. The summed E-state index contributed by atoms with van der Waals surface area (Å²) in [4.78, 5) is 0. The number of hydrogen-bond acceptors (Lipinski definition) is 1. The van der Waals surface area contributed by atoms with Gasteiger partial charge in [0.25, 0.3) is 0 Å². The first kappa shape index (κ1) is 12.9. The molecule has 3 heteroatoms. The normalized spacial score (nSPS) is 11.3. The van der Waals surface area contributed by atoms with E-state index in [4.69, 9.17) is 16.0 Å². The molecule has 1 nitrogen and oxygen atoms in total. The van der Waals surface area contributed by atoms with Gasteiger partial charge in [0.1, 0.15) is 11.2 Å². The Labute approximate surface area is 135 Å². The molecular weight excluding hydrogens is 348 g/mol. The minimum absolute atomic E-state index is 0.710. The van der Waals surface area contributed by atoms with Crippen LogP contribution in [0.4, 0.5) is 0 Å². The van der Waals surface area contributed by atoms with Crippen molar-refractivity contribution in [2.75, 3.05) is 0 Å². The average Bonchev–Trinajstić information content (AvgIpc) is 2.90. The van der Waals surface area contributed by atoms with Crippen molar-refractivity contribution in [3.63, 3.8) is 0 Å². The molecule has 0 bridgehead atoms. The molecule has 21 heavy (non-hydrogen) atoms. The van der Waals surface area contributed by atoms with Crippen LogP contribution in [-0.4, -0.2) is 0 Å². The summed E-state index contributed by atoms with van der Waals surface area (Å²) in [6.07, 6.45) is 0. The van der Waals surface area contributed by atoms with Crippen LogP contribution < -0.4 is 0 Å². The van der Waals surface area contributed by atoms with Crippen LogP contribution in [0, 0.1) is 0 Å². The summed E-state index contributed by atoms with van der Waals surface area (Å²) < 4.78 is 6.93. The van der Waals surface area contributed by atoms with Gasteiger partial charge in [-0.1, -0.05) is 54.1 Å². The molecular formula is C18H10BrClO. The molecule has 0 N–H and O–H groups in total. The maximum atomic E-state index is 6.41. The molecule has 0 saturated carbocycles. The van der Waals surface area contributed by atoms with E-state index < -0.39 is 0 Å². The summed E-state index contributed by atoms with van der Waals surface area (Å²) in [5, 5.41) is 2.73. The lowest BCUT2D eigenvalue weighted by Crippen LogP contribution is -1.80. The lowest BCUT2D eigenvalue weighted by Gasteiger charge is -2.05. The minimum atomic E-state index is 0.710. The topological polar surface area (TPSA) is 13.1 Å². The van der Waals surface area contributed by atoms with Crippen molar-refractivity contribution >= 4 is 49.5 Å². The number of furan rings is 1. The van der Waals surface area contributed by atoms with Crippen LogP contribution in [-0.2, 0) is 0 Å². The molecule has 0 radical (unpaired) electrons. The Morgan fingerprint density at radius 1 is 0.810 bits per heavy atom. The predicted molar refractivity (Wildman–Crippen MR) is 91.9 cm³/mol. The molecule has 0 fully saturated rings. The molecule has 4 aromatic rings. The standard InChI is InChI=1S/C18H10BrClO/c19-13-10-9-12(11-5-2-1-3-6-11)16-17-14(20)7-4-8-15(17)21-18(13)16/h1-10H. The summed E-state index contributed by atoms with van der Waals surface area (Å²) in [6, 6.07) is 20.1. The molecule has 0 spiro atoms. The largest absolute Gasteiger partial charge is 0.455 e. The van der Waals surface area contributed by atoms with Crippen LogP contribution in [0.1, 0.15) is 0 Å². The second kappa shape index (κ2) is 4.90. The SMILES string of the molecule is Clc1cccc2oc3c(Br)ccc(-c4ccccc4)c3c12. The zero-order chi connectivity index (χ0) is 14.4. The lowest BCUT2D eigenvalue weighted by atomic mass is 9.99. The molecule has 102 valence electrons. The van der Waals surface area contributed by atoms with Crippen molar-refractivity contribution < 1.29 is 4.42 Å². The van der Waals surface area contributed by atoms with E-state index >= 15 is 0 Å². The van der Waals surface area contributed by atoms with E-state index in [0.717, 1.165) is 37.5 Å². The number of fused-ring (bicyclic) bond motifs is 3. The second-order valence-electron chi connectivity index (χ2n) is 4.88. The van der Waals surface area contributed by atoms with Gasteiger partial charge in [-0.3, -0.25) is 0 Å². The van der Waals surface area contributed by atoms with Crippen molar-refractivity contribution in [1.82, 2.24) is 0 Å². The quantitative estimate of drug-likeness (QED) is 0.371. The number of benzene rings is 3. The summed E-state index contributed by atoms with van der Waals surface area (Å²) in [5.74, 6) is 0. The second-order valence-corrected chi connectivity index (χ2v) is 6.14. The van der Waals surface area contributed by atoms with Crippen LogP contribution in [0.2, 0.25) is 5.02 Å². The van der Waals surface area contributed by atoms with Crippen LogP contribution in [0.3, 0.4) is 0 Å². The van der Waals surface area contributed by atoms with E-state index in [1.54, 1.807) is 0 Å². The van der Waals surface area contributed by atoms with E-state index in [1.807, 2.05) is 42.5 Å². The first-order chi connectivity index (χ1) is 10.3. The molecule has 0 saturated heterocycles. The fourth-order valence-electron chi connectivity index (χ4n) is 2.71. The number of hydrogen-bond donors (Lipinski definition) is 0. The average molecular weight is 358 g/mol. The summed E-state index contributed by atoms with van der Waals surface area (Å²) in [5.41, 5.74) is 3.92. The lowest BCUT2D eigenvalue weighted by molar-refractivity contribution is 0.667. The Balaban J connectivity index is 2.23. The van der Waals surface area contributed by atoms with Gasteiger partial charge in [-0.25, -0.2) is 0 Å². The highest BCUT2D eigenvalue weighted by Gasteiger charge is 2.16. The van der Waals surface area contributed by atoms with Gasteiger partial charge in [-0.2, -0.15) is 0 Å². The van der Waals surface area contributed by atoms with Crippen molar-refractivity contribution in [2.45, 2.75) is 0 Å². The highest BCUT2D eigenvalue weighted by Crippen LogP contribution is 2.42. The first-order valence-electron chi connectivity index (χ1n) is 6.60. The molecule has 0 aliphatic carbocycles. The zero-order valence-corrected chi connectivity index (χ0v) is 13.3. The van der Waals surface area contributed by atoms with Crippen molar-refractivity contribution in [2.24, 2.45) is 0 Å². The smallest absolute Gasteiger partial charge is 0.150 e. The van der Waals surface area contributed by atoms with Gasteiger partial charge < -0.3 is 4.42 Å². The Kier molecular flexibility index (Phi) is 3.02.